The van der Waals surface area contributed by atoms with Crippen LogP contribution in [0.15, 0.2) is 24.3 Å². The number of aryl methyl sites for hydroxylation is 1. The Kier molecular flexibility index (Phi) is 7.88. The highest BCUT2D eigenvalue weighted by atomic mass is 35.5. The van der Waals surface area contributed by atoms with Crippen molar-refractivity contribution in [1.82, 2.24) is 10.3 Å². The van der Waals surface area contributed by atoms with E-state index in [1.807, 2.05) is 6.26 Å². The number of carbonyl (C=O) groups is 1. The number of hydrogen-bond acceptors (Lipinski definition) is 5. The quantitative estimate of drug-likeness (QED) is 0.749. The molecule has 1 aliphatic carbocycles. The number of amides is 1. The zero-order valence-corrected chi connectivity index (χ0v) is 17.0. The molecule has 0 bridgehead atoms. The second kappa shape index (κ2) is 9.69. The molecule has 3 N–H and O–H groups in total. The van der Waals surface area contributed by atoms with E-state index in [1.54, 1.807) is 35.2 Å². The zero-order chi connectivity index (χ0) is 17.8. The number of nitrogens with two attached hydrogens (primary N) is 1. The van der Waals surface area contributed by atoms with Crippen molar-refractivity contribution in [2.75, 3.05) is 12.0 Å². The average Bonchev–Trinajstić information content (AvgIpc) is 3.05. The number of carbonyl (C=O) groups excluding carboxylic acids is 1. The normalized spacial score (nSPS) is 17.1. The molecule has 1 aromatic carbocycles. The van der Waals surface area contributed by atoms with E-state index in [0.29, 0.717) is 6.42 Å². The summed E-state index contributed by atoms with van der Waals surface area (Å²) in [5.41, 5.74) is 7.92. The van der Waals surface area contributed by atoms with Gasteiger partial charge < -0.3 is 11.1 Å². The highest BCUT2D eigenvalue weighted by molar-refractivity contribution is 7.98. The van der Waals surface area contributed by atoms with Gasteiger partial charge in [0.1, 0.15) is 10.8 Å². The fourth-order valence-electron chi connectivity index (χ4n) is 2.93. The topological polar surface area (TPSA) is 68.0 Å². The molecule has 0 spiro atoms. The number of hydrogen-bond donors (Lipinski definition) is 2. The molecular weight excluding hydrogens is 393 g/mol. The van der Waals surface area contributed by atoms with Gasteiger partial charge in [-0.25, -0.2) is 9.37 Å². The number of nitrogens with zero attached hydrogens (tertiary/aromatic N) is 1. The van der Waals surface area contributed by atoms with Crippen LogP contribution >= 0.6 is 35.5 Å². The van der Waals surface area contributed by atoms with Gasteiger partial charge in [-0.05, 0) is 62.0 Å². The maximum absolute atomic E-state index is 13.1. The summed E-state index contributed by atoms with van der Waals surface area (Å²) in [5.74, 6) is 0.526. The van der Waals surface area contributed by atoms with Crippen LogP contribution in [0.2, 0.25) is 0 Å². The Labute approximate surface area is 167 Å². The first-order valence-corrected chi connectivity index (χ1v) is 10.6. The van der Waals surface area contributed by atoms with Crippen molar-refractivity contribution >= 4 is 41.4 Å². The number of benzene rings is 1. The molecule has 26 heavy (non-hydrogen) atoms. The molecule has 1 unspecified atom stereocenters. The molecule has 3 rings (SSSR count). The average molecular weight is 416 g/mol. The monoisotopic (exact) mass is 415 g/mol. The van der Waals surface area contributed by atoms with Crippen LogP contribution in [0.4, 0.5) is 4.39 Å². The second-order valence-corrected chi connectivity index (χ2v) is 8.19. The summed E-state index contributed by atoms with van der Waals surface area (Å²) in [6.45, 7) is 0. The van der Waals surface area contributed by atoms with Gasteiger partial charge in [0.25, 0.3) is 0 Å². The van der Waals surface area contributed by atoms with Crippen molar-refractivity contribution < 1.29 is 9.18 Å². The van der Waals surface area contributed by atoms with Crippen LogP contribution in [0.3, 0.4) is 0 Å². The Balaban J connectivity index is 0.00000243. The maximum atomic E-state index is 13.1. The van der Waals surface area contributed by atoms with Gasteiger partial charge >= 0.3 is 0 Å². The van der Waals surface area contributed by atoms with Crippen molar-refractivity contribution in [1.29, 1.82) is 0 Å². The first kappa shape index (κ1) is 21.2. The molecule has 1 aliphatic rings. The lowest BCUT2D eigenvalue weighted by atomic mass is 9.97. The van der Waals surface area contributed by atoms with Gasteiger partial charge in [0.2, 0.25) is 5.91 Å². The zero-order valence-electron chi connectivity index (χ0n) is 14.5. The predicted molar refractivity (Wildman–Crippen MR) is 110 cm³/mol. The van der Waals surface area contributed by atoms with E-state index in [1.165, 1.54) is 12.1 Å². The van der Waals surface area contributed by atoms with Crippen molar-refractivity contribution in [3.8, 4) is 10.6 Å². The minimum Gasteiger partial charge on any atom is -0.347 e. The van der Waals surface area contributed by atoms with Gasteiger partial charge in [-0.15, -0.1) is 23.7 Å². The smallest absolute Gasteiger partial charge is 0.237 e. The predicted octanol–water partition coefficient (Wildman–Crippen LogP) is 3.95. The van der Waals surface area contributed by atoms with Crippen LogP contribution in [0.25, 0.3) is 10.6 Å². The summed E-state index contributed by atoms with van der Waals surface area (Å²) >= 11 is 3.27. The molecule has 4 nitrogen and oxygen atoms in total. The number of rotatable bonds is 6. The van der Waals surface area contributed by atoms with Gasteiger partial charge in [0.15, 0.2) is 0 Å². The molecule has 0 saturated heterocycles. The standard InChI is InChI=1S/C18H22FN3OS2.ClH/c1-24-10-9-13(20)17(23)21-14-3-2-4-15-16(14)25-18(22-15)11-5-7-12(19)8-6-11;/h5-8,13-14H,2-4,9-10,20H2,1H3,(H,21,23);1H/t13-,14?;/m0./s1. The third kappa shape index (κ3) is 4.97. The van der Waals surface area contributed by atoms with Crippen LogP contribution in [0.5, 0.6) is 0 Å². The number of aromatic nitrogens is 1. The summed E-state index contributed by atoms with van der Waals surface area (Å²) in [5, 5.41) is 3.97. The molecule has 2 atom stereocenters. The third-order valence-corrected chi connectivity index (χ3v) is 6.23. The first-order valence-electron chi connectivity index (χ1n) is 8.39. The number of thiazole rings is 1. The number of nitrogens with one attached hydrogen (secondary N) is 1. The van der Waals surface area contributed by atoms with E-state index in [4.69, 9.17) is 10.7 Å². The third-order valence-electron chi connectivity index (χ3n) is 4.33. The van der Waals surface area contributed by atoms with E-state index < -0.39 is 6.04 Å². The van der Waals surface area contributed by atoms with Gasteiger partial charge in [0.05, 0.1) is 22.7 Å². The summed E-state index contributed by atoms with van der Waals surface area (Å²) in [4.78, 5) is 18.2. The number of halogens is 2. The lowest BCUT2D eigenvalue weighted by Gasteiger charge is -2.24. The van der Waals surface area contributed by atoms with Gasteiger partial charge in [-0.1, -0.05) is 0 Å². The summed E-state index contributed by atoms with van der Waals surface area (Å²) in [6.07, 6.45) is 5.49. The Bertz CT molecular complexity index is 739. The number of thioether (sulfide) groups is 1. The van der Waals surface area contributed by atoms with Crippen LogP contribution in [0.1, 0.15) is 35.9 Å². The Hall–Kier alpha value is -1.15. The fourth-order valence-corrected chi connectivity index (χ4v) is 4.62. The lowest BCUT2D eigenvalue weighted by molar-refractivity contribution is -0.123. The molecule has 0 radical (unpaired) electrons. The van der Waals surface area contributed by atoms with Crippen LogP contribution in [0, 0.1) is 5.82 Å². The van der Waals surface area contributed by atoms with E-state index in [9.17, 15) is 9.18 Å². The second-order valence-electron chi connectivity index (χ2n) is 6.18. The summed E-state index contributed by atoms with van der Waals surface area (Å²) in [6, 6.07) is 5.88. The van der Waals surface area contributed by atoms with Crippen molar-refractivity contribution in [3.05, 3.63) is 40.7 Å². The molecule has 0 aliphatic heterocycles. The van der Waals surface area contributed by atoms with Crippen LogP contribution < -0.4 is 11.1 Å². The molecule has 142 valence electrons. The Morgan fingerprint density at radius 1 is 1.46 bits per heavy atom. The molecule has 1 heterocycles. The van der Waals surface area contributed by atoms with Gasteiger partial charge in [0, 0.05) is 5.56 Å². The SMILES string of the molecule is CSCC[C@H](N)C(=O)NC1CCCc2nc(-c3ccc(F)cc3)sc21.Cl. The molecule has 0 fully saturated rings. The van der Waals surface area contributed by atoms with Crippen LogP contribution in [-0.2, 0) is 11.2 Å². The number of fused-ring (bicyclic) bond motifs is 1. The van der Waals surface area contributed by atoms with Crippen molar-refractivity contribution in [3.63, 3.8) is 0 Å². The van der Waals surface area contributed by atoms with Crippen molar-refractivity contribution in [2.45, 2.75) is 37.8 Å². The fraction of sp³-hybridized carbons (Fsp3) is 0.444. The van der Waals surface area contributed by atoms with Gasteiger partial charge in [-0.2, -0.15) is 11.8 Å². The highest BCUT2D eigenvalue weighted by Crippen LogP contribution is 2.38. The Morgan fingerprint density at radius 3 is 2.88 bits per heavy atom. The Morgan fingerprint density at radius 2 is 2.19 bits per heavy atom. The first-order chi connectivity index (χ1) is 12.1. The summed E-state index contributed by atoms with van der Waals surface area (Å²) in [7, 11) is 0. The largest absolute Gasteiger partial charge is 0.347 e. The van der Waals surface area contributed by atoms with E-state index >= 15 is 0 Å². The van der Waals surface area contributed by atoms with Gasteiger partial charge in [-0.3, -0.25) is 4.79 Å². The molecule has 1 aromatic heterocycles. The minimum atomic E-state index is -0.470. The molecule has 8 heteroatoms. The molecule has 2 aromatic rings. The molecule has 0 saturated carbocycles. The lowest BCUT2D eigenvalue weighted by Crippen LogP contribution is -2.43. The van der Waals surface area contributed by atoms with Crippen molar-refractivity contribution in [2.24, 2.45) is 5.73 Å². The highest BCUT2D eigenvalue weighted by Gasteiger charge is 2.27. The molecular formula is C18H23ClFN3OS2. The van der Waals surface area contributed by atoms with Crippen LogP contribution in [-0.4, -0.2) is 28.9 Å². The summed E-state index contributed by atoms with van der Waals surface area (Å²) < 4.78 is 13.1. The van der Waals surface area contributed by atoms with E-state index in [0.717, 1.165) is 46.2 Å². The minimum absolute atomic E-state index is 0. The maximum Gasteiger partial charge on any atom is 0.237 e. The van der Waals surface area contributed by atoms with E-state index in [-0.39, 0.29) is 30.2 Å². The molecule has 1 amide bonds. The van der Waals surface area contributed by atoms with E-state index in [2.05, 4.69) is 5.32 Å².